The minimum Gasteiger partial charge on any atom is -0.337 e. The molecular formula is C25H30N6O2. The number of aryl methyl sites for hydroxylation is 1. The molecule has 4 amide bonds. The highest BCUT2D eigenvalue weighted by atomic mass is 16.2. The number of carbonyl (C=O) groups excluding carboxylic acids is 2. The molecule has 1 aliphatic rings. The van der Waals surface area contributed by atoms with Crippen LogP contribution in [0.15, 0.2) is 60.7 Å². The van der Waals surface area contributed by atoms with E-state index < -0.39 is 0 Å². The topological polar surface area (TPSA) is 89.6 Å². The fourth-order valence-corrected chi connectivity index (χ4v) is 3.97. The molecular weight excluding hydrogens is 416 g/mol. The summed E-state index contributed by atoms with van der Waals surface area (Å²) in [4.78, 5) is 33.4. The Morgan fingerprint density at radius 3 is 2.45 bits per heavy atom. The van der Waals surface area contributed by atoms with Gasteiger partial charge >= 0.3 is 12.1 Å². The Kier molecular flexibility index (Phi) is 7.36. The van der Waals surface area contributed by atoms with Crippen molar-refractivity contribution in [2.45, 2.75) is 13.5 Å². The first-order valence-corrected chi connectivity index (χ1v) is 11.3. The van der Waals surface area contributed by atoms with Gasteiger partial charge in [0.2, 0.25) is 0 Å². The average Bonchev–Trinajstić information content (AvgIpc) is 2.83. The molecule has 2 heterocycles. The number of pyridine rings is 1. The first kappa shape index (κ1) is 22.5. The second-order valence-electron chi connectivity index (χ2n) is 8.18. The number of amides is 4. The van der Waals surface area contributed by atoms with Crippen LogP contribution in [0.25, 0.3) is 10.9 Å². The SMILES string of the molecule is Cc1cc(NC(=O)NCCN2CCN(C(=O)NCc3ccccc3)CC2)c2ccccc2n1. The molecule has 172 valence electrons. The number of rotatable bonds is 6. The Labute approximate surface area is 194 Å². The van der Waals surface area contributed by atoms with Crippen LogP contribution in [0.4, 0.5) is 15.3 Å². The van der Waals surface area contributed by atoms with Crippen LogP contribution < -0.4 is 16.0 Å². The molecule has 0 aliphatic carbocycles. The van der Waals surface area contributed by atoms with Gasteiger partial charge in [0.25, 0.3) is 0 Å². The van der Waals surface area contributed by atoms with Crippen LogP contribution in [-0.4, -0.2) is 66.1 Å². The number of hydrogen-bond acceptors (Lipinski definition) is 4. The summed E-state index contributed by atoms with van der Waals surface area (Å²) < 4.78 is 0. The highest BCUT2D eigenvalue weighted by Gasteiger charge is 2.20. The zero-order valence-corrected chi connectivity index (χ0v) is 18.9. The van der Waals surface area contributed by atoms with Gasteiger partial charge in [0.05, 0.1) is 11.2 Å². The lowest BCUT2D eigenvalue weighted by Crippen LogP contribution is -2.52. The van der Waals surface area contributed by atoms with Gasteiger partial charge in [0.1, 0.15) is 0 Å². The molecule has 0 unspecified atom stereocenters. The normalized spacial score (nSPS) is 14.2. The lowest BCUT2D eigenvalue weighted by Gasteiger charge is -2.34. The van der Waals surface area contributed by atoms with Gasteiger partial charge in [-0.3, -0.25) is 9.88 Å². The van der Waals surface area contributed by atoms with Gasteiger partial charge in [-0.05, 0) is 24.6 Å². The third kappa shape index (κ3) is 6.20. The minimum atomic E-state index is -0.232. The van der Waals surface area contributed by atoms with E-state index in [1.165, 1.54) is 0 Å². The van der Waals surface area contributed by atoms with Crippen LogP contribution >= 0.6 is 0 Å². The van der Waals surface area contributed by atoms with Crippen molar-refractivity contribution in [2.75, 3.05) is 44.6 Å². The quantitative estimate of drug-likeness (QED) is 0.543. The number of para-hydroxylation sites is 1. The number of urea groups is 2. The Morgan fingerprint density at radius 2 is 1.67 bits per heavy atom. The van der Waals surface area contributed by atoms with Crippen LogP contribution in [0, 0.1) is 6.92 Å². The van der Waals surface area contributed by atoms with E-state index >= 15 is 0 Å². The van der Waals surface area contributed by atoms with E-state index in [2.05, 4.69) is 25.8 Å². The molecule has 1 aliphatic heterocycles. The molecule has 0 spiro atoms. The third-order valence-electron chi connectivity index (χ3n) is 5.75. The Balaban J connectivity index is 1.17. The number of aromatic nitrogens is 1. The van der Waals surface area contributed by atoms with Crippen molar-refractivity contribution in [3.8, 4) is 0 Å². The van der Waals surface area contributed by atoms with E-state index in [0.29, 0.717) is 26.2 Å². The Morgan fingerprint density at radius 1 is 0.939 bits per heavy atom. The number of nitrogens with one attached hydrogen (secondary N) is 3. The number of anilines is 1. The lowest BCUT2D eigenvalue weighted by molar-refractivity contribution is 0.140. The fraction of sp³-hybridized carbons (Fsp3) is 0.320. The molecule has 0 bridgehead atoms. The van der Waals surface area contributed by atoms with Gasteiger partial charge in [-0.1, -0.05) is 48.5 Å². The largest absolute Gasteiger partial charge is 0.337 e. The van der Waals surface area contributed by atoms with Crippen molar-refractivity contribution < 1.29 is 9.59 Å². The van der Waals surface area contributed by atoms with Crippen LogP contribution in [0.5, 0.6) is 0 Å². The van der Waals surface area contributed by atoms with E-state index in [9.17, 15) is 9.59 Å². The molecule has 0 radical (unpaired) electrons. The Bertz CT molecular complexity index is 1100. The Hall–Kier alpha value is -3.65. The molecule has 1 fully saturated rings. The predicted octanol–water partition coefficient (Wildman–Crippen LogP) is 3.19. The lowest BCUT2D eigenvalue weighted by atomic mass is 10.1. The maximum Gasteiger partial charge on any atom is 0.319 e. The minimum absolute atomic E-state index is 0.0316. The molecule has 8 heteroatoms. The molecule has 3 N–H and O–H groups in total. The number of fused-ring (bicyclic) bond motifs is 1. The van der Waals surface area contributed by atoms with Crippen LogP contribution in [-0.2, 0) is 6.54 Å². The molecule has 4 rings (SSSR count). The summed E-state index contributed by atoms with van der Waals surface area (Å²) in [5, 5.41) is 9.77. The van der Waals surface area contributed by atoms with E-state index in [1.807, 2.05) is 72.5 Å². The number of nitrogens with zero attached hydrogens (tertiary/aromatic N) is 3. The van der Waals surface area contributed by atoms with Crippen molar-refractivity contribution in [3.63, 3.8) is 0 Å². The van der Waals surface area contributed by atoms with Gasteiger partial charge in [0.15, 0.2) is 0 Å². The molecule has 1 saturated heterocycles. The predicted molar refractivity (Wildman–Crippen MR) is 130 cm³/mol. The summed E-state index contributed by atoms with van der Waals surface area (Å²) in [7, 11) is 0. The van der Waals surface area contributed by atoms with E-state index in [0.717, 1.165) is 47.5 Å². The van der Waals surface area contributed by atoms with Crippen molar-refractivity contribution in [1.82, 2.24) is 25.4 Å². The number of carbonyl (C=O) groups is 2. The van der Waals surface area contributed by atoms with Crippen molar-refractivity contribution in [3.05, 3.63) is 71.9 Å². The summed E-state index contributed by atoms with van der Waals surface area (Å²) in [5.41, 5.74) is 3.56. The summed E-state index contributed by atoms with van der Waals surface area (Å²) in [6.45, 7) is 6.65. The van der Waals surface area contributed by atoms with Crippen molar-refractivity contribution in [1.29, 1.82) is 0 Å². The number of hydrogen-bond donors (Lipinski definition) is 3. The van der Waals surface area contributed by atoms with E-state index in [-0.39, 0.29) is 12.1 Å². The van der Waals surface area contributed by atoms with Gasteiger partial charge < -0.3 is 20.9 Å². The zero-order valence-electron chi connectivity index (χ0n) is 18.9. The van der Waals surface area contributed by atoms with Gasteiger partial charge in [-0.15, -0.1) is 0 Å². The van der Waals surface area contributed by atoms with Crippen LogP contribution in [0.2, 0.25) is 0 Å². The molecule has 0 atom stereocenters. The molecule has 0 saturated carbocycles. The first-order chi connectivity index (χ1) is 16.1. The summed E-state index contributed by atoms with van der Waals surface area (Å²) in [5.74, 6) is 0. The third-order valence-corrected chi connectivity index (χ3v) is 5.75. The smallest absolute Gasteiger partial charge is 0.319 e. The fourth-order valence-electron chi connectivity index (χ4n) is 3.97. The number of piperazine rings is 1. The standard InChI is InChI=1S/C25H30N6O2/c1-19-17-23(21-9-5-6-10-22(21)28-19)29-24(32)26-11-12-30-13-15-31(16-14-30)25(33)27-18-20-7-3-2-4-8-20/h2-10,17H,11-16,18H2,1H3,(H,27,33)(H2,26,28,29,32). The average molecular weight is 447 g/mol. The summed E-state index contributed by atoms with van der Waals surface area (Å²) in [6.07, 6.45) is 0. The zero-order chi connectivity index (χ0) is 23.0. The molecule has 8 nitrogen and oxygen atoms in total. The molecule has 3 aromatic rings. The highest BCUT2D eigenvalue weighted by molar-refractivity contribution is 6.00. The second kappa shape index (κ2) is 10.8. The van der Waals surface area contributed by atoms with E-state index in [1.54, 1.807) is 0 Å². The van der Waals surface area contributed by atoms with Gasteiger partial charge in [-0.25, -0.2) is 9.59 Å². The monoisotopic (exact) mass is 446 g/mol. The van der Waals surface area contributed by atoms with Crippen molar-refractivity contribution >= 4 is 28.7 Å². The van der Waals surface area contributed by atoms with E-state index in [4.69, 9.17) is 0 Å². The summed E-state index contributed by atoms with van der Waals surface area (Å²) in [6, 6.07) is 19.3. The number of benzene rings is 2. The van der Waals surface area contributed by atoms with Crippen LogP contribution in [0.1, 0.15) is 11.3 Å². The van der Waals surface area contributed by atoms with Crippen molar-refractivity contribution in [2.24, 2.45) is 0 Å². The molecule has 33 heavy (non-hydrogen) atoms. The molecule has 2 aromatic carbocycles. The van der Waals surface area contributed by atoms with Gasteiger partial charge in [-0.2, -0.15) is 0 Å². The maximum absolute atomic E-state index is 12.4. The summed E-state index contributed by atoms with van der Waals surface area (Å²) >= 11 is 0. The first-order valence-electron chi connectivity index (χ1n) is 11.3. The second-order valence-corrected chi connectivity index (χ2v) is 8.18. The molecule has 1 aromatic heterocycles. The highest BCUT2D eigenvalue weighted by Crippen LogP contribution is 2.22. The van der Waals surface area contributed by atoms with Gasteiger partial charge in [0, 0.05) is 56.9 Å². The maximum atomic E-state index is 12.4. The van der Waals surface area contributed by atoms with Crippen LogP contribution in [0.3, 0.4) is 0 Å².